The number of carbonyl (C=O) groups is 1. The average molecular weight is 195 g/mol. The molecule has 4 heteroatoms. The molecule has 1 aromatic rings. The van der Waals surface area contributed by atoms with Crippen molar-refractivity contribution in [3.63, 3.8) is 0 Å². The summed E-state index contributed by atoms with van der Waals surface area (Å²) in [5.41, 5.74) is 7.24. The maximum absolute atomic E-state index is 10.2. The van der Waals surface area contributed by atoms with Gasteiger partial charge in [0, 0.05) is 0 Å². The van der Waals surface area contributed by atoms with Crippen LogP contribution in [-0.2, 0) is 11.2 Å². The number of hydrogen-bond acceptors (Lipinski definition) is 3. The monoisotopic (exact) mass is 195 g/mol. The van der Waals surface area contributed by atoms with Gasteiger partial charge < -0.3 is 15.6 Å². The Labute approximate surface area is 82.3 Å². The molecule has 0 bridgehead atoms. The second-order valence-corrected chi connectivity index (χ2v) is 2.91. The first kappa shape index (κ1) is 10.4. The Morgan fingerprint density at radius 2 is 2.29 bits per heavy atom. The van der Waals surface area contributed by atoms with E-state index in [1.54, 1.807) is 12.1 Å². The first-order valence-electron chi connectivity index (χ1n) is 4.36. The largest absolute Gasteiger partial charge is 0.480 e. The highest BCUT2D eigenvalue weighted by molar-refractivity contribution is 5.69. The molecule has 1 rings (SSSR count). The Kier molecular flexibility index (Phi) is 3.34. The minimum absolute atomic E-state index is 0.365. The fourth-order valence-corrected chi connectivity index (χ4v) is 1.09. The van der Waals surface area contributed by atoms with E-state index in [4.69, 9.17) is 15.6 Å². The molecule has 0 saturated carbocycles. The van der Waals surface area contributed by atoms with Crippen LogP contribution < -0.4 is 10.5 Å². The average Bonchev–Trinajstić information content (AvgIpc) is 2.15. The number of anilines is 1. The third-order valence-electron chi connectivity index (χ3n) is 1.83. The van der Waals surface area contributed by atoms with Crippen molar-refractivity contribution < 1.29 is 14.6 Å². The molecule has 1 aromatic carbocycles. The van der Waals surface area contributed by atoms with Crippen molar-refractivity contribution in [1.82, 2.24) is 0 Å². The van der Waals surface area contributed by atoms with Gasteiger partial charge in [-0.1, -0.05) is 13.0 Å². The molecule has 0 saturated heterocycles. The van der Waals surface area contributed by atoms with Gasteiger partial charge in [0.2, 0.25) is 0 Å². The standard InChI is InChI=1S/C10H13NO3/c1-2-7-3-4-9(8(11)5-7)14-6-10(12)13/h3-5H,2,6,11H2,1H3,(H,12,13). The van der Waals surface area contributed by atoms with E-state index in [0.717, 1.165) is 12.0 Å². The van der Waals surface area contributed by atoms with Crippen LogP contribution in [0, 0.1) is 0 Å². The van der Waals surface area contributed by atoms with Gasteiger partial charge in [-0.15, -0.1) is 0 Å². The van der Waals surface area contributed by atoms with Crippen LogP contribution in [0.25, 0.3) is 0 Å². The normalized spacial score (nSPS) is 9.79. The van der Waals surface area contributed by atoms with Crippen molar-refractivity contribution in [3.05, 3.63) is 23.8 Å². The quantitative estimate of drug-likeness (QED) is 0.710. The number of nitrogens with two attached hydrogens (primary N) is 1. The summed E-state index contributed by atoms with van der Waals surface area (Å²) < 4.78 is 4.97. The third-order valence-corrected chi connectivity index (χ3v) is 1.83. The summed E-state index contributed by atoms with van der Waals surface area (Å²) in [4.78, 5) is 10.2. The molecule has 0 unspecified atom stereocenters. The molecule has 0 fully saturated rings. The SMILES string of the molecule is CCc1ccc(OCC(=O)O)c(N)c1. The molecule has 0 aromatic heterocycles. The highest BCUT2D eigenvalue weighted by atomic mass is 16.5. The Balaban J connectivity index is 2.73. The van der Waals surface area contributed by atoms with E-state index in [9.17, 15) is 4.79 Å². The second-order valence-electron chi connectivity index (χ2n) is 2.91. The number of rotatable bonds is 4. The van der Waals surface area contributed by atoms with E-state index in [1.165, 1.54) is 0 Å². The molecule has 14 heavy (non-hydrogen) atoms. The first-order chi connectivity index (χ1) is 6.63. The van der Waals surface area contributed by atoms with Gasteiger partial charge in [-0.2, -0.15) is 0 Å². The molecule has 4 nitrogen and oxygen atoms in total. The maximum Gasteiger partial charge on any atom is 0.341 e. The molecule has 0 aliphatic heterocycles. The Morgan fingerprint density at radius 1 is 1.57 bits per heavy atom. The van der Waals surface area contributed by atoms with Crippen LogP contribution in [0.15, 0.2) is 18.2 Å². The molecule has 3 N–H and O–H groups in total. The topological polar surface area (TPSA) is 72.5 Å². The number of nitrogen functional groups attached to an aromatic ring is 1. The highest BCUT2D eigenvalue weighted by Gasteiger charge is 2.03. The van der Waals surface area contributed by atoms with Gasteiger partial charge in [0.25, 0.3) is 0 Å². The molecule has 0 aliphatic rings. The zero-order valence-corrected chi connectivity index (χ0v) is 7.99. The first-order valence-corrected chi connectivity index (χ1v) is 4.36. The number of benzene rings is 1. The smallest absolute Gasteiger partial charge is 0.341 e. The molecule has 0 radical (unpaired) electrons. The van der Waals surface area contributed by atoms with Gasteiger partial charge in [0.1, 0.15) is 5.75 Å². The van der Waals surface area contributed by atoms with Crippen LogP contribution in [0.1, 0.15) is 12.5 Å². The lowest BCUT2D eigenvalue weighted by molar-refractivity contribution is -0.139. The minimum Gasteiger partial charge on any atom is -0.480 e. The lowest BCUT2D eigenvalue weighted by Gasteiger charge is -2.07. The van der Waals surface area contributed by atoms with Crippen LogP contribution >= 0.6 is 0 Å². The van der Waals surface area contributed by atoms with Gasteiger partial charge in [-0.3, -0.25) is 0 Å². The number of aliphatic carboxylic acids is 1. The van der Waals surface area contributed by atoms with E-state index in [-0.39, 0.29) is 6.61 Å². The van der Waals surface area contributed by atoms with Crippen molar-refractivity contribution in [3.8, 4) is 5.75 Å². The zero-order chi connectivity index (χ0) is 10.6. The molecule has 0 aliphatic carbocycles. The van der Waals surface area contributed by atoms with Gasteiger partial charge >= 0.3 is 5.97 Å². The number of aryl methyl sites for hydroxylation is 1. The Hall–Kier alpha value is -1.71. The van der Waals surface area contributed by atoms with Crippen LogP contribution in [0.2, 0.25) is 0 Å². The van der Waals surface area contributed by atoms with Crippen LogP contribution in [0.4, 0.5) is 5.69 Å². The maximum atomic E-state index is 10.2. The molecule has 76 valence electrons. The fraction of sp³-hybridized carbons (Fsp3) is 0.300. The highest BCUT2D eigenvalue weighted by Crippen LogP contribution is 2.22. The minimum atomic E-state index is -1.01. The van der Waals surface area contributed by atoms with E-state index in [2.05, 4.69) is 0 Å². The van der Waals surface area contributed by atoms with Gasteiger partial charge in [0.15, 0.2) is 6.61 Å². The van der Waals surface area contributed by atoms with Crippen molar-refractivity contribution >= 4 is 11.7 Å². The van der Waals surface area contributed by atoms with Crippen LogP contribution in [0.3, 0.4) is 0 Å². The predicted molar refractivity (Wildman–Crippen MR) is 53.4 cm³/mol. The second kappa shape index (κ2) is 4.50. The third kappa shape index (κ3) is 2.65. The van der Waals surface area contributed by atoms with E-state index in [1.807, 2.05) is 13.0 Å². The number of hydrogen-bond donors (Lipinski definition) is 2. The van der Waals surface area contributed by atoms with Gasteiger partial charge in [0.05, 0.1) is 5.69 Å². The fourth-order valence-electron chi connectivity index (χ4n) is 1.09. The summed E-state index contributed by atoms with van der Waals surface area (Å²) in [7, 11) is 0. The molecule has 0 spiro atoms. The predicted octanol–water partition coefficient (Wildman–Crippen LogP) is 1.29. The summed E-state index contributed by atoms with van der Waals surface area (Å²) in [6.45, 7) is 1.65. The summed E-state index contributed by atoms with van der Waals surface area (Å²) in [5, 5.41) is 8.40. The Morgan fingerprint density at radius 3 is 2.79 bits per heavy atom. The molecular formula is C10H13NO3. The molecule has 0 amide bonds. The zero-order valence-electron chi connectivity index (χ0n) is 7.99. The lowest BCUT2D eigenvalue weighted by atomic mass is 10.1. The summed E-state index contributed by atoms with van der Waals surface area (Å²) >= 11 is 0. The van der Waals surface area contributed by atoms with Crippen molar-refractivity contribution in [2.75, 3.05) is 12.3 Å². The van der Waals surface area contributed by atoms with Crippen LogP contribution in [-0.4, -0.2) is 17.7 Å². The van der Waals surface area contributed by atoms with Crippen molar-refractivity contribution in [2.45, 2.75) is 13.3 Å². The summed E-state index contributed by atoms with van der Waals surface area (Å²) in [6, 6.07) is 5.35. The lowest BCUT2D eigenvalue weighted by Crippen LogP contribution is -2.10. The van der Waals surface area contributed by atoms with E-state index in [0.29, 0.717) is 11.4 Å². The number of carboxylic acid groups (broad SMARTS) is 1. The van der Waals surface area contributed by atoms with Crippen molar-refractivity contribution in [2.24, 2.45) is 0 Å². The van der Waals surface area contributed by atoms with Crippen molar-refractivity contribution in [1.29, 1.82) is 0 Å². The summed E-state index contributed by atoms with van der Waals surface area (Å²) in [5.74, 6) is -0.589. The van der Waals surface area contributed by atoms with E-state index < -0.39 is 5.97 Å². The molecular weight excluding hydrogens is 182 g/mol. The van der Waals surface area contributed by atoms with E-state index >= 15 is 0 Å². The van der Waals surface area contributed by atoms with Crippen LogP contribution in [0.5, 0.6) is 5.75 Å². The van der Waals surface area contributed by atoms with Gasteiger partial charge in [-0.25, -0.2) is 4.79 Å². The Bertz CT molecular complexity index is 336. The molecule has 0 atom stereocenters. The number of ether oxygens (including phenoxy) is 1. The summed E-state index contributed by atoms with van der Waals surface area (Å²) in [6.07, 6.45) is 0.892. The van der Waals surface area contributed by atoms with Gasteiger partial charge in [-0.05, 0) is 24.1 Å². The molecule has 0 heterocycles. The number of carboxylic acids is 1.